The second-order valence-electron chi connectivity index (χ2n) is 5.23. The van der Waals surface area contributed by atoms with Crippen LogP contribution in [0.1, 0.15) is 34.5 Å². The Morgan fingerprint density at radius 2 is 2.20 bits per heavy atom. The molecule has 3 rings (SSSR count). The van der Waals surface area contributed by atoms with Crippen LogP contribution in [0.5, 0.6) is 0 Å². The fourth-order valence-corrected chi connectivity index (χ4v) is 2.27. The lowest BCUT2D eigenvalue weighted by molar-refractivity contribution is 0.0713. The van der Waals surface area contributed by atoms with Gasteiger partial charge in [-0.15, -0.1) is 0 Å². The number of rotatable bonds is 4. The van der Waals surface area contributed by atoms with Crippen molar-refractivity contribution >= 4 is 5.91 Å². The molecule has 1 fully saturated rings. The quantitative estimate of drug-likeness (QED) is 0.853. The molecule has 4 heteroatoms. The highest BCUT2D eigenvalue weighted by molar-refractivity contribution is 5.94. The van der Waals surface area contributed by atoms with Crippen molar-refractivity contribution in [1.29, 1.82) is 0 Å². The standard InChI is InChI=1S/C16H16FNO2/c1-11-4-7-14(15(17)9-11)16(19)18(12-5-6-12)10-13-3-2-8-20-13/h2-4,7-9,12H,5-6,10H2,1H3. The fraction of sp³-hybridized carbons (Fsp3) is 0.312. The molecule has 3 nitrogen and oxygen atoms in total. The molecule has 0 aliphatic heterocycles. The van der Waals surface area contributed by atoms with Crippen molar-refractivity contribution in [3.8, 4) is 0 Å². The van der Waals surface area contributed by atoms with Crippen molar-refractivity contribution < 1.29 is 13.6 Å². The van der Waals surface area contributed by atoms with Gasteiger partial charge in [-0.05, 0) is 49.6 Å². The minimum Gasteiger partial charge on any atom is -0.467 e. The summed E-state index contributed by atoms with van der Waals surface area (Å²) in [6.07, 6.45) is 3.53. The van der Waals surface area contributed by atoms with E-state index in [1.165, 1.54) is 6.07 Å². The van der Waals surface area contributed by atoms with Gasteiger partial charge in [-0.25, -0.2) is 4.39 Å². The molecular formula is C16H16FNO2. The van der Waals surface area contributed by atoms with Crippen LogP contribution in [-0.2, 0) is 6.54 Å². The van der Waals surface area contributed by atoms with Gasteiger partial charge in [0.25, 0.3) is 5.91 Å². The predicted molar refractivity (Wildman–Crippen MR) is 72.7 cm³/mol. The van der Waals surface area contributed by atoms with Crippen LogP contribution < -0.4 is 0 Å². The first-order valence-corrected chi connectivity index (χ1v) is 6.74. The predicted octanol–water partition coefficient (Wildman–Crippen LogP) is 3.53. The Hall–Kier alpha value is -2.10. The van der Waals surface area contributed by atoms with E-state index in [0.29, 0.717) is 6.54 Å². The van der Waals surface area contributed by atoms with Crippen molar-refractivity contribution in [3.05, 3.63) is 59.3 Å². The maximum atomic E-state index is 14.0. The average Bonchev–Trinajstić information content (AvgIpc) is 3.12. The highest BCUT2D eigenvalue weighted by Gasteiger charge is 2.34. The number of benzene rings is 1. The Kier molecular flexibility index (Phi) is 3.30. The molecule has 0 radical (unpaired) electrons. The van der Waals surface area contributed by atoms with Gasteiger partial charge < -0.3 is 9.32 Å². The molecule has 0 spiro atoms. The summed E-state index contributed by atoms with van der Waals surface area (Å²) in [5.41, 5.74) is 0.942. The van der Waals surface area contributed by atoms with Gasteiger partial charge in [0.05, 0.1) is 18.4 Å². The van der Waals surface area contributed by atoms with Crippen molar-refractivity contribution in [3.63, 3.8) is 0 Å². The van der Waals surface area contributed by atoms with E-state index >= 15 is 0 Å². The van der Waals surface area contributed by atoms with E-state index in [1.54, 1.807) is 36.3 Å². The summed E-state index contributed by atoms with van der Waals surface area (Å²) in [6.45, 7) is 2.20. The number of carbonyl (C=O) groups excluding carboxylic acids is 1. The second kappa shape index (κ2) is 5.12. The summed E-state index contributed by atoms with van der Waals surface area (Å²) >= 11 is 0. The van der Waals surface area contributed by atoms with Gasteiger partial charge in [-0.2, -0.15) is 0 Å². The molecule has 1 aromatic carbocycles. The van der Waals surface area contributed by atoms with E-state index in [4.69, 9.17) is 4.42 Å². The Morgan fingerprint density at radius 1 is 1.40 bits per heavy atom. The van der Waals surface area contributed by atoms with Crippen molar-refractivity contribution in [1.82, 2.24) is 4.90 Å². The molecule has 20 heavy (non-hydrogen) atoms. The van der Waals surface area contributed by atoms with E-state index in [-0.39, 0.29) is 17.5 Å². The van der Waals surface area contributed by atoms with E-state index in [9.17, 15) is 9.18 Å². The molecule has 1 amide bonds. The summed E-state index contributed by atoms with van der Waals surface area (Å²) in [4.78, 5) is 14.2. The number of furan rings is 1. The number of carbonyl (C=O) groups is 1. The summed E-state index contributed by atoms with van der Waals surface area (Å²) in [6, 6.07) is 8.53. The lowest BCUT2D eigenvalue weighted by atomic mass is 10.1. The number of halogens is 1. The van der Waals surface area contributed by atoms with Gasteiger partial charge in [-0.1, -0.05) is 6.07 Å². The smallest absolute Gasteiger partial charge is 0.257 e. The normalized spacial score (nSPS) is 14.3. The van der Waals surface area contributed by atoms with Crippen molar-refractivity contribution in [2.75, 3.05) is 0 Å². The maximum Gasteiger partial charge on any atom is 0.257 e. The van der Waals surface area contributed by atoms with Crippen LogP contribution in [0.25, 0.3) is 0 Å². The topological polar surface area (TPSA) is 33.5 Å². The summed E-state index contributed by atoms with van der Waals surface area (Å²) in [5, 5.41) is 0. The molecule has 0 N–H and O–H groups in total. The van der Waals surface area contributed by atoms with Crippen LogP contribution in [-0.4, -0.2) is 16.8 Å². The number of hydrogen-bond acceptors (Lipinski definition) is 2. The van der Waals surface area contributed by atoms with Crippen molar-refractivity contribution in [2.24, 2.45) is 0 Å². The molecule has 1 saturated carbocycles. The molecule has 1 heterocycles. The molecule has 0 bridgehead atoms. The van der Waals surface area contributed by atoms with Crippen LogP contribution in [0.4, 0.5) is 4.39 Å². The van der Waals surface area contributed by atoms with E-state index in [1.807, 2.05) is 6.07 Å². The zero-order valence-corrected chi connectivity index (χ0v) is 11.3. The summed E-state index contributed by atoms with van der Waals surface area (Å²) in [7, 11) is 0. The number of amides is 1. The Morgan fingerprint density at radius 3 is 2.80 bits per heavy atom. The average molecular weight is 273 g/mol. The number of nitrogens with zero attached hydrogens (tertiary/aromatic N) is 1. The third-order valence-corrected chi connectivity index (χ3v) is 3.51. The molecule has 2 aromatic rings. The maximum absolute atomic E-state index is 14.0. The molecule has 1 aromatic heterocycles. The molecule has 0 atom stereocenters. The summed E-state index contributed by atoms with van der Waals surface area (Å²) < 4.78 is 19.2. The van der Waals surface area contributed by atoms with Gasteiger partial charge in [0, 0.05) is 6.04 Å². The first-order chi connectivity index (χ1) is 9.65. The van der Waals surface area contributed by atoms with E-state index in [2.05, 4.69) is 0 Å². The van der Waals surface area contributed by atoms with Gasteiger partial charge in [0.15, 0.2) is 0 Å². The van der Waals surface area contributed by atoms with Crippen LogP contribution in [0.3, 0.4) is 0 Å². The molecular weight excluding hydrogens is 257 g/mol. The molecule has 1 aliphatic rings. The largest absolute Gasteiger partial charge is 0.467 e. The minimum atomic E-state index is -0.458. The lowest BCUT2D eigenvalue weighted by Gasteiger charge is -2.21. The van der Waals surface area contributed by atoms with Crippen molar-refractivity contribution in [2.45, 2.75) is 32.4 Å². The number of aryl methyl sites for hydroxylation is 1. The van der Waals surface area contributed by atoms with Crippen LogP contribution in [0.2, 0.25) is 0 Å². The monoisotopic (exact) mass is 273 g/mol. The first kappa shape index (κ1) is 12.9. The van der Waals surface area contributed by atoms with Gasteiger partial charge >= 0.3 is 0 Å². The highest BCUT2D eigenvalue weighted by atomic mass is 19.1. The highest BCUT2D eigenvalue weighted by Crippen LogP contribution is 2.30. The van der Waals surface area contributed by atoms with E-state index in [0.717, 1.165) is 24.2 Å². The minimum absolute atomic E-state index is 0.133. The van der Waals surface area contributed by atoms with Crippen LogP contribution >= 0.6 is 0 Å². The molecule has 0 saturated heterocycles. The molecule has 0 unspecified atom stereocenters. The zero-order chi connectivity index (χ0) is 14.1. The van der Waals surface area contributed by atoms with Gasteiger partial charge in [0.1, 0.15) is 11.6 Å². The third kappa shape index (κ3) is 2.59. The van der Waals surface area contributed by atoms with E-state index < -0.39 is 5.82 Å². The first-order valence-electron chi connectivity index (χ1n) is 6.74. The van der Waals surface area contributed by atoms with Crippen LogP contribution in [0.15, 0.2) is 41.0 Å². The lowest BCUT2D eigenvalue weighted by Crippen LogP contribution is -2.33. The second-order valence-corrected chi connectivity index (χ2v) is 5.23. The fourth-order valence-electron chi connectivity index (χ4n) is 2.27. The molecule has 1 aliphatic carbocycles. The Bertz CT molecular complexity index is 617. The number of hydrogen-bond donors (Lipinski definition) is 0. The SMILES string of the molecule is Cc1ccc(C(=O)N(Cc2ccco2)C2CC2)c(F)c1. The van der Waals surface area contributed by atoms with Gasteiger partial charge in [0.2, 0.25) is 0 Å². The summed E-state index contributed by atoms with van der Waals surface area (Å²) in [5.74, 6) is -0.000681. The van der Waals surface area contributed by atoms with Gasteiger partial charge in [-0.3, -0.25) is 4.79 Å². The third-order valence-electron chi connectivity index (χ3n) is 3.51. The van der Waals surface area contributed by atoms with Crippen LogP contribution in [0, 0.1) is 12.7 Å². The Labute approximate surface area is 117 Å². The molecule has 104 valence electrons. The Balaban J connectivity index is 1.85. The zero-order valence-electron chi connectivity index (χ0n) is 11.3.